The molecule has 2 aromatic rings. The topological polar surface area (TPSA) is 50.5 Å². The van der Waals surface area contributed by atoms with Crippen molar-refractivity contribution in [2.45, 2.75) is 64.0 Å². The van der Waals surface area contributed by atoms with E-state index in [9.17, 15) is 18.0 Å². The molecule has 2 fully saturated rings. The number of carbonyl (C=O) groups excluding carboxylic acids is 1. The van der Waals surface area contributed by atoms with Crippen LogP contribution in [-0.4, -0.2) is 45.2 Å². The fourth-order valence-electron chi connectivity index (χ4n) is 5.05. The zero-order chi connectivity index (χ0) is 20.8. The van der Waals surface area contributed by atoms with Crippen LogP contribution in [0.25, 0.3) is 5.65 Å². The van der Waals surface area contributed by atoms with Crippen LogP contribution in [0.3, 0.4) is 0 Å². The minimum absolute atomic E-state index is 0.0419. The Hall–Kier alpha value is -2.12. The first kappa shape index (κ1) is 20.2. The van der Waals surface area contributed by atoms with Crippen molar-refractivity contribution in [2.24, 2.45) is 11.8 Å². The molecule has 1 aliphatic carbocycles. The zero-order valence-electron chi connectivity index (χ0n) is 16.8. The average molecular weight is 408 g/mol. The molecule has 3 heterocycles. The van der Waals surface area contributed by atoms with Crippen LogP contribution >= 0.6 is 0 Å². The van der Waals surface area contributed by atoms with E-state index >= 15 is 0 Å². The number of piperidine rings is 1. The Morgan fingerprint density at radius 1 is 1.10 bits per heavy atom. The molecule has 1 aliphatic heterocycles. The lowest BCUT2D eigenvalue weighted by atomic mass is 9.80. The number of hydrogen-bond acceptors (Lipinski definition) is 3. The number of nitrogens with zero attached hydrogens (tertiary/aromatic N) is 4. The molecule has 0 radical (unpaired) electrons. The summed E-state index contributed by atoms with van der Waals surface area (Å²) >= 11 is 0. The number of aromatic nitrogens is 3. The number of alkyl halides is 3. The van der Waals surface area contributed by atoms with Crippen molar-refractivity contribution in [2.75, 3.05) is 13.1 Å². The van der Waals surface area contributed by atoms with E-state index in [4.69, 9.17) is 5.10 Å². The monoisotopic (exact) mass is 408 g/mol. The van der Waals surface area contributed by atoms with E-state index in [2.05, 4.69) is 11.9 Å². The molecule has 29 heavy (non-hydrogen) atoms. The van der Waals surface area contributed by atoms with E-state index in [0.717, 1.165) is 42.1 Å². The Morgan fingerprint density at radius 2 is 1.83 bits per heavy atom. The average Bonchev–Trinajstić information content (AvgIpc) is 3.10. The van der Waals surface area contributed by atoms with Gasteiger partial charge in [-0.2, -0.15) is 18.3 Å². The highest BCUT2D eigenvalue weighted by Gasteiger charge is 2.42. The smallest absolute Gasteiger partial charge is 0.344 e. The summed E-state index contributed by atoms with van der Waals surface area (Å²) in [6, 6.07) is 3.95. The molecule has 2 atom stereocenters. The SMILES string of the molecule is Cc1cc([C@H]2C[C@@H](C)CN(C=O)C2)n2nc(C3CCC(C(F)(F)F)CC3)cc2n1. The number of aryl methyl sites for hydroxylation is 1. The third-order valence-electron chi connectivity index (χ3n) is 6.47. The number of likely N-dealkylation sites (tertiary alicyclic amines) is 1. The number of hydrogen-bond donors (Lipinski definition) is 0. The summed E-state index contributed by atoms with van der Waals surface area (Å²) in [4.78, 5) is 17.7. The summed E-state index contributed by atoms with van der Waals surface area (Å²) in [5.74, 6) is -0.581. The zero-order valence-corrected chi connectivity index (χ0v) is 16.8. The molecular weight excluding hydrogens is 381 g/mol. The van der Waals surface area contributed by atoms with Crippen LogP contribution < -0.4 is 0 Å². The molecule has 4 rings (SSSR count). The third-order valence-corrected chi connectivity index (χ3v) is 6.47. The largest absolute Gasteiger partial charge is 0.391 e. The van der Waals surface area contributed by atoms with Crippen LogP contribution in [0.4, 0.5) is 13.2 Å². The molecule has 0 N–H and O–H groups in total. The van der Waals surface area contributed by atoms with Crippen LogP contribution in [0.1, 0.15) is 67.9 Å². The Kier molecular flexibility index (Phi) is 5.29. The summed E-state index contributed by atoms with van der Waals surface area (Å²) in [6.07, 6.45) is -0.900. The van der Waals surface area contributed by atoms with Gasteiger partial charge in [-0.3, -0.25) is 4.79 Å². The molecule has 0 spiro atoms. The highest BCUT2D eigenvalue weighted by molar-refractivity contribution is 5.48. The first-order valence-electron chi connectivity index (χ1n) is 10.4. The third kappa shape index (κ3) is 4.12. The van der Waals surface area contributed by atoms with Gasteiger partial charge in [-0.15, -0.1) is 0 Å². The van der Waals surface area contributed by atoms with E-state index in [1.807, 2.05) is 28.5 Å². The van der Waals surface area contributed by atoms with Crippen LogP contribution in [-0.2, 0) is 4.79 Å². The van der Waals surface area contributed by atoms with Gasteiger partial charge in [-0.1, -0.05) is 6.92 Å². The number of halogens is 3. The van der Waals surface area contributed by atoms with Crippen molar-refractivity contribution in [1.29, 1.82) is 0 Å². The standard InChI is InChI=1S/C21H27F3N4O/c1-13-7-16(11-27(10-13)12-29)19-8-14(2)25-20-9-18(26-28(19)20)15-3-5-17(6-4-15)21(22,23)24/h8-9,12-13,15-17H,3-7,10-11H2,1-2H3/t13-,15?,16+,17?/m1/s1. The van der Waals surface area contributed by atoms with E-state index < -0.39 is 12.1 Å². The van der Waals surface area contributed by atoms with Crippen molar-refractivity contribution >= 4 is 12.1 Å². The fraction of sp³-hybridized carbons (Fsp3) is 0.667. The molecular formula is C21H27F3N4O. The lowest BCUT2D eigenvalue weighted by molar-refractivity contribution is -0.182. The Balaban J connectivity index is 1.61. The predicted molar refractivity (Wildman–Crippen MR) is 103 cm³/mol. The van der Waals surface area contributed by atoms with Crippen LogP contribution in [0, 0.1) is 18.8 Å². The van der Waals surface area contributed by atoms with Gasteiger partial charge in [0.1, 0.15) is 0 Å². The molecule has 1 saturated heterocycles. The van der Waals surface area contributed by atoms with E-state index in [0.29, 0.717) is 25.3 Å². The summed E-state index contributed by atoms with van der Waals surface area (Å²) in [5.41, 5.74) is 3.49. The van der Waals surface area contributed by atoms with Gasteiger partial charge < -0.3 is 4.90 Å². The molecule has 0 aromatic carbocycles. The van der Waals surface area contributed by atoms with Gasteiger partial charge in [-0.05, 0) is 51.0 Å². The van der Waals surface area contributed by atoms with E-state index in [-0.39, 0.29) is 24.7 Å². The molecule has 2 aliphatic rings. The van der Waals surface area contributed by atoms with Gasteiger partial charge in [0.25, 0.3) is 0 Å². The van der Waals surface area contributed by atoms with Gasteiger partial charge in [-0.25, -0.2) is 9.50 Å². The lowest BCUT2D eigenvalue weighted by Gasteiger charge is -2.34. The van der Waals surface area contributed by atoms with Gasteiger partial charge in [0.15, 0.2) is 5.65 Å². The molecule has 1 amide bonds. The molecule has 0 bridgehead atoms. The minimum Gasteiger partial charge on any atom is -0.344 e. The maximum atomic E-state index is 13.0. The number of fused-ring (bicyclic) bond motifs is 1. The van der Waals surface area contributed by atoms with Gasteiger partial charge in [0, 0.05) is 36.7 Å². The van der Waals surface area contributed by atoms with Gasteiger partial charge >= 0.3 is 6.18 Å². The quantitative estimate of drug-likeness (QED) is 0.705. The van der Waals surface area contributed by atoms with E-state index in [1.54, 1.807) is 0 Å². The second-order valence-corrected chi connectivity index (χ2v) is 8.85. The predicted octanol–water partition coefficient (Wildman–Crippen LogP) is 4.46. The maximum Gasteiger partial charge on any atom is 0.391 e. The van der Waals surface area contributed by atoms with Crippen molar-refractivity contribution in [3.8, 4) is 0 Å². The molecule has 158 valence electrons. The van der Waals surface area contributed by atoms with Gasteiger partial charge in [0.05, 0.1) is 17.3 Å². The minimum atomic E-state index is -4.10. The van der Waals surface area contributed by atoms with Crippen molar-refractivity contribution < 1.29 is 18.0 Å². The maximum absolute atomic E-state index is 13.0. The van der Waals surface area contributed by atoms with Crippen LogP contribution in [0.5, 0.6) is 0 Å². The van der Waals surface area contributed by atoms with Gasteiger partial charge in [0.2, 0.25) is 6.41 Å². The second-order valence-electron chi connectivity index (χ2n) is 8.85. The molecule has 5 nitrogen and oxygen atoms in total. The molecule has 0 unspecified atom stereocenters. The van der Waals surface area contributed by atoms with Crippen LogP contribution in [0.2, 0.25) is 0 Å². The molecule has 1 saturated carbocycles. The normalized spacial score (nSPS) is 28.7. The summed E-state index contributed by atoms with van der Waals surface area (Å²) in [7, 11) is 0. The second kappa shape index (κ2) is 7.61. The number of rotatable bonds is 3. The summed E-state index contributed by atoms with van der Waals surface area (Å²) in [5, 5.41) is 4.78. The van der Waals surface area contributed by atoms with E-state index in [1.165, 1.54) is 0 Å². The number of amides is 1. The first-order valence-corrected chi connectivity index (χ1v) is 10.4. The highest BCUT2D eigenvalue weighted by Crippen LogP contribution is 2.43. The van der Waals surface area contributed by atoms with Crippen molar-refractivity contribution in [1.82, 2.24) is 19.5 Å². The Bertz CT molecular complexity index is 886. The molecule has 8 heteroatoms. The summed E-state index contributed by atoms with van der Waals surface area (Å²) < 4.78 is 40.8. The Morgan fingerprint density at radius 3 is 2.48 bits per heavy atom. The van der Waals surface area contributed by atoms with Crippen molar-refractivity contribution in [3.63, 3.8) is 0 Å². The van der Waals surface area contributed by atoms with Crippen LogP contribution in [0.15, 0.2) is 12.1 Å². The lowest BCUT2D eigenvalue weighted by Crippen LogP contribution is -2.38. The van der Waals surface area contributed by atoms with Crippen molar-refractivity contribution in [3.05, 3.63) is 29.2 Å². The molecule has 2 aromatic heterocycles. The summed E-state index contributed by atoms with van der Waals surface area (Å²) in [6.45, 7) is 5.49. The Labute approximate surface area is 168 Å². The first-order chi connectivity index (χ1) is 13.7. The fourth-order valence-corrected chi connectivity index (χ4v) is 5.05. The number of carbonyl (C=O) groups is 1. The highest BCUT2D eigenvalue weighted by atomic mass is 19.4.